The van der Waals surface area contributed by atoms with Crippen molar-refractivity contribution in [1.82, 2.24) is 0 Å². The third-order valence-corrected chi connectivity index (χ3v) is 3.96. The van der Waals surface area contributed by atoms with E-state index in [1.54, 1.807) is 19.2 Å². The van der Waals surface area contributed by atoms with Gasteiger partial charge in [0.05, 0.1) is 7.11 Å². The zero-order chi connectivity index (χ0) is 15.5. The Morgan fingerprint density at radius 2 is 1.77 bits per heavy atom. The summed E-state index contributed by atoms with van der Waals surface area (Å²) in [4.78, 5) is 11.7. The van der Waals surface area contributed by atoms with E-state index in [1.807, 2.05) is 30.3 Å². The van der Waals surface area contributed by atoms with Crippen LogP contribution in [0.4, 0.5) is 0 Å². The van der Waals surface area contributed by atoms with Gasteiger partial charge in [0.1, 0.15) is 23.7 Å². The molecule has 3 aromatic rings. The first-order valence-corrected chi connectivity index (χ1v) is 7.73. The molecule has 0 aliphatic rings. The standard InChI is InChI=1S/C17H13IO4/c1-20-14-6-7-16-15(9-14)11(8-17(19)22-16)10-21-13-4-2-12(18)3-5-13/h2-9H,10H2,1H3. The second kappa shape index (κ2) is 6.39. The fourth-order valence-electron chi connectivity index (χ4n) is 2.15. The molecule has 112 valence electrons. The molecule has 0 radical (unpaired) electrons. The Hall–Kier alpha value is -2.02. The highest BCUT2D eigenvalue weighted by atomic mass is 127. The molecule has 0 amide bonds. The van der Waals surface area contributed by atoms with Gasteiger partial charge in [-0.15, -0.1) is 0 Å². The molecule has 2 aromatic carbocycles. The first kappa shape index (κ1) is 14.9. The van der Waals surface area contributed by atoms with Gasteiger partial charge in [-0.1, -0.05) is 0 Å². The van der Waals surface area contributed by atoms with Gasteiger partial charge >= 0.3 is 5.63 Å². The van der Waals surface area contributed by atoms with E-state index in [2.05, 4.69) is 22.6 Å². The van der Waals surface area contributed by atoms with Gasteiger partial charge in [-0.05, 0) is 65.1 Å². The molecule has 0 spiro atoms. The minimum absolute atomic E-state index is 0.288. The highest BCUT2D eigenvalue weighted by Crippen LogP contribution is 2.24. The summed E-state index contributed by atoms with van der Waals surface area (Å²) < 4.78 is 17.3. The first-order chi connectivity index (χ1) is 10.7. The SMILES string of the molecule is COc1ccc2oc(=O)cc(COc3ccc(I)cc3)c2c1. The molecule has 1 aromatic heterocycles. The lowest BCUT2D eigenvalue weighted by Crippen LogP contribution is -2.04. The maximum Gasteiger partial charge on any atom is 0.336 e. The second-order valence-corrected chi connectivity index (χ2v) is 5.94. The van der Waals surface area contributed by atoms with Crippen LogP contribution in [0, 0.1) is 3.57 Å². The summed E-state index contributed by atoms with van der Waals surface area (Å²) >= 11 is 2.24. The highest BCUT2D eigenvalue weighted by molar-refractivity contribution is 14.1. The number of benzene rings is 2. The maximum atomic E-state index is 11.7. The van der Waals surface area contributed by atoms with Gasteiger partial charge in [0.25, 0.3) is 0 Å². The number of rotatable bonds is 4. The van der Waals surface area contributed by atoms with Gasteiger partial charge in [0.15, 0.2) is 0 Å². The molecule has 0 atom stereocenters. The average molecular weight is 408 g/mol. The number of fused-ring (bicyclic) bond motifs is 1. The minimum atomic E-state index is -0.390. The number of methoxy groups -OCH3 is 1. The van der Waals surface area contributed by atoms with Crippen LogP contribution in [0.5, 0.6) is 11.5 Å². The number of hydrogen-bond donors (Lipinski definition) is 0. The van der Waals surface area contributed by atoms with Crippen LogP contribution < -0.4 is 15.1 Å². The van der Waals surface area contributed by atoms with E-state index >= 15 is 0 Å². The van der Waals surface area contributed by atoms with E-state index < -0.39 is 0 Å². The van der Waals surface area contributed by atoms with Gasteiger partial charge < -0.3 is 13.9 Å². The molecule has 0 saturated heterocycles. The third-order valence-electron chi connectivity index (χ3n) is 3.24. The lowest BCUT2D eigenvalue weighted by molar-refractivity contribution is 0.306. The largest absolute Gasteiger partial charge is 0.497 e. The predicted octanol–water partition coefficient (Wildman–Crippen LogP) is 3.99. The summed E-state index contributed by atoms with van der Waals surface area (Å²) in [6.45, 7) is 0.288. The van der Waals surface area contributed by atoms with Crippen molar-refractivity contribution >= 4 is 33.6 Å². The van der Waals surface area contributed by atoms with E-state index in [-0.39, 0.29) is 12.2 Å². The molecule has 0 unspecified atom stereocenters. The molecule has 0 N–H and O–H groups in total. The molecule has 0 aliphatic heterocycles. The third kappa shape index (κ3) is 3.24. The molecule has 0 saturated carbocycles. The Morgan fingerprint density at radius 1 is 1.05 bits per heavy atom. The summed E-state index contributed by atoms with van der Waals surface area (Å²) in [5, 5.41) is 0.810. The van der Waals surface area contributed by atoms with Crippen molar-refractivity contribution in [2.75, 3.05) is 7.11 Å². The quantitative estimate of drug-likeness (QED) is 0.484. The smallest absolute Gasteiger partial charge is 0.336 e. The topological polar surface area (TPSA) is 48.7 Å². The van der Waals surface area contributed by atoms with Crippen LogP contribution >= 0.6 is 22.6 Å². The summed E-state index contributed by atoms with van der Waals surface area (Å²) in [6.07, 6.45) is 0. The molecular formula is C17H13IO4. The molecular weight excluding hydrogens is 395 g/mol. The molecule has 1 heterocycles. The normalized spacial score (nSPS) is 10.6. The van der Waals surface area contributed by atoms with Gasteiger partial charge in [0.2, 0.25) is 0 Å². The van der Waals surface area contributed by atoms with Gasteiger partial charge in [-0.2, -0.15) is 0 Å². The number of halogens is 1. The average Bonchev–Trinajstić information content (AvgIpc) is 2.53. The molecule has 0 bridgehead atoms. The van der Waals surface area contributed by atoms with Crippen LogP contribution in [0.3, 0.4) is 0 Å². The van der Waals surface area contributed by atoms with Crippen LogP contribution in [0.2, 0.25) is 0 Å². The van der Waals surface area contributed by atoms with Crippen LogP contribution in [0.1, 0.15) is 5.56 Å². The zero-order valence-electron chi connectivity index (χ0n) is 11.8. The fourth-order valence-corrected chi connectivity index (χ4v) is 2.50. The lowest BCUT2D eigenvalue weighted by Gasteiger charge is -2.09. The van der Waals surface area contributed by atoms with Crippen molar-refractivity contribution in [2.24, 2.45) is 0 Å². The van der Waals surface area contributed by atoms with Crippen LogP contribution in [0.15, 0.2) is 57.7 Å². The van der Waals surface area contributed by atoms with Crippen molar-refractivity contribution in [1.29, 1.82) is 0 Å². The van der Waals surface area contributed by atoms with Gasteiger partial charge in [-0.3, -0.25) is 0 Å². The lowest BCUT2D eigenvalue weighted by atomic mass is 10.1. The molecule has 3 rings (SSSR count). The van der Waals surface area contributed by atoms with E-state index in [9.17, 15) is 4.79 Å². The minimum Gasteiger partial charge on any atom is -0.497 e. The Labute approximate surface area is 140 Å². The molecule has 22 heavy (non-hydrogen) atoms. The maximum absolute atomic E-state index is 11.7. The summed E-state index contributed by atoms with van der Waals surface area (Å²) in [5.74, 6) is 1.46. The Kier molecular flexibility index (Phi) is 4.33. The van der Waals surface area contributed by atoms with Crippen molar-refractivity contribution < 1.29 is 13.9 Å². The highest BCUT2D eigenvalue weighted by Gasteiger charge is 2.08. The summed E-state index contributed by atoms with van der Waals surface area (Å²) in [7, 11) is 1.60. The predicted molar refractivity (Wildman–Crippen MR) is 92.5 cm³/mol. The van der Waals surface area contributed by atoms with E-state index in [0.717, 1.165) is 20.3 Å². The Balaban J connectivity index is 1.94. The Bertz CT molecular complexity index is 853. The summed E-state index contributed by atoms with van der Waals surface area (Å²) in [5.41, 5.74) is 0.900. The molecule has 5 heteroatoms. The Morgan fingerprint density at radius 3 is 2.50 bits per heavy atom. The number of hydrogen-bond acceptors (Lipinski definition) is 4. The van der Waals surface area contributed by atoms with Crippen molar-refractivity contribution in [2.45, 2.75) is 6.61 Å². The molecule has 0 aliphatic carbocycles. The zero-order valence-corrected chi connectivity index (χ0v) is 14.0. The fraction of sp³-hybridized carbons (Fsp3) is 0.118. The summed E-state index contributed by atoms with van der Waals surface area (Å²) in [6, 6.07) is 14.5. The van der Waals surface area contributed by atoms with E-state index in [0.29, 0.717) is 11.3 Å². The van der Waals surface area contributed by atoms with Gasteiger partial charge in [0, 0.05) is 20.6 Å². The van der Waals surface area contributed by atoms with E-state index in [1.165, 1.54) is 6.07 Å². The molecule has 0 fully saturated rings. The monoisotopic (exact) mass is 408 g/mol. The molecule has 4 nitrogen and oxygen atoms in total. The van der Waals surface area contributed by atoms with Crippen molar-refractivity contribution in [3.63, 3.8) is 0 Å². The van der Waals surface area contributed by atoms with Gasteiger partial charge in [-0.25, -0.2) is 4.79 Å². The van der Waals surface area contributed by atoms with Crippen LogP contribution in [-0.4, -0.2) is 7.11 Å². The van der Waals surface area contributed by atoms with Crippen molar-refractivity contribution in [3.8, 4) is 11.5 Å². The second-order valence-electron chi connectivity index (χ2n) is 4.70. The first-order valence-electron chi connectivity index (χ1n) is 6.65. The van der Waals surface area contributed by atoms with Crippen LogP contribution in [0.25, 0.3) is 11.0 Å². The van der Waals surface area contributed by atoms with Crippen molar-refractivity contribution in [3.05, 3.63) is 68.1 Å². The van der Waals surface area contributed by atoms with E-state index in [4.69, 9.17) is 13.9 Å². The van der Waals surface area contributed by atoms with Crippen LogP contribution in [-0.2, 0) is 6.61 Å². The number of ether oxygens (including phenoxy) is 2.